The number of allylic oxidation sites excluding steroid dienone is 3. The summed E-state index contributed by atoms with van der Waals surface area (Å²) in [4.78, 5) is 21.3. The average Bonchev–Trinajstić information content (AvgIpc) is 3.78. The second kappa shape index (κ2) is 14.4. The smallest absolute Gasteiger partial charge is 0.422 e. The summed E-state index contributed by atoms with van der Waals surface area (Å²) in [5.74, 6) is 0.673. The maximum atomic E-state index is 13.0. The average molecular weight is 689 g/mol. The summed E-state index contributed by atoms with van der Waals surface area (Å²) >= 11 is 6.29. The summed E-state index contributed by atoms with van der Waals surface area (Å²) in [7, 11) is 0.316. The van der Waals surface area contributed by atoms with Gasteiger partial charge in [-0.05, 0) is 43.3 Å². The Labute approximate surface area is 274 Å². The standard InChI is InChI=1S/C30H41ClF3N7O4S/c1-6-46(44)40-24(43)28(3,4)16-35-23(42)19-7-10-21(11-8-19)36-25-37-27(45-17-30(32,33)34)38-26(41(25)5)39-29(13-14-29)20-9-12-22(31)18(2)15-20/h7-10,12,18,21,24,40,43H,6,11,13-17H2,1-5H3,(H2,35,36,37,38,39,42)/p+1. The van der Waals surface area contributed by atoms with Crippen LogP contribution in [0.3, 0.4) is 0 Å². The van der Waals surface area contributed by atoms with Crippen molar-refractivity contribution in [1.29, 1.82) is 0 Å². The zero-order chi connectivity index (χ0) is 33.9. The number of carbonyl (C=O) groups excluding carboxylic acids is 1. The first kappa shape index (κ1) is 35.8. The van der Waals surface area contributed by atoms with Gasteiger partial charge < -0.3 is 15.2 Å². The molecule has 4 atom stereocenters. The number of aliphatic hydroxyl groups is 1. The fourth-order valence-electron chi connectivity index (χ4n) is 4.90. The van der Waals surface area contributed by atoms with Crippen molar-refractivity contribution in [3.63, 3.8) is 0 Å². The van der Waals surface area contributed by atoms with Crippen LogP contribution in [0, 0.1) is 11.3 Å². The third kappa shape index (κ3) is 9.29. The highest BCUT2D eigenvalue weighted by Gasteiger charge is 2.50. The van der Waals surface area contributed by atoms with Crippen LogP contribution in [0.25, 0.3) is 0 Å². The lowest BCUT2D eigenvalue weighted by Crippen LogP contribution is -2.49. The fraction of sp³-hybridized carbons (Fsp3) is 0.600. The molecule has 5 N–H and O–H groups in total. The minimum absolute atomic E-state index is 0.127. The molecule has 1 aromatic rings. The number of hydrogen-bond donors (Lipinski definition) is 5. The number of anilines is 2. The lowest BCUT2D eigenvalue weighted by Gasteiger charge is -2.31. The zero-order valence-corrected chi connectivity index (χ0v) is 28.1. The van der Waals surface area contributed by atoms with E-state index in [1.807, 2.05) is 19.1 Å². The van der Waals surface area contributed by atoms with Crippen molar-refractivity contribution in [2.24, 2.45) is 18.4 Å². The number of alkyl halides is 3. The van der Waals surface area contributed by atoms with Crippen LogP contribution in [0.4, 0.5) is 25.1 Å². The monoisotopic (exact) mass is 688 g/mol. The highest BCUT2D eigenvalue weighted by atomic mass is 35.5. The zero-order valence-electron chi connectivity index (χ0n) is 26.5. The molecule has 0 radical (unpaired) electrons. The number of aliphatic hydroxyl groups excluding tert-OH is 1. The Hall–Kier alpha value is -3.01. The van der Waals surface area contributed by atoms with Crippen LogP contribution in [-0.2, 0) is 22.8 Å². The molecule has 254 valence electrons. The maximum absolute atomic E-state index is 13.0. The molecular weight excluding hydrogens is 647 g/mol. The van der Waals surface area contributed by atoms with E-state index >= 15 is 0 Å². The number of rotatable bonds is 14. The van der Waals surface area contributed by atoms with E-state index in [-0.39, 0.29) is 30.4 Å². The van der Waals surface area contributed by atoms with Crippen LogP contribution in [0.2, 0.25) is 0 Å². The topological polar surface area (TPSA) is 141 Å². The molecule has 4 rings (SSSR count). The van der Waals surface area contributed by atoms with Crippen molar-refractivity contribution in [3.05, 3.63) is 46.6 Å². The molecule has 0 saturated heterocycles. The van der Waals surface area contributed by atoms with Gasteiger partial charge in [0.15, 0.2) is 6.61 Å². The first-order valence-corrected chi connectivity index (χ1v) is 16.8. The van der Waals surface area contributed by atoms with Crippen LogP contribution in [0.5, 0.6) is 6.01 Å². The highest BCUT2D eigenvalue weighted by Crippen LogP contribution is 2.48. The molecule has 1 saturated carbocycles. The Balaban J connectivity index is 1.45. The van der Waals surface area contributed by atoms with E-state index in [1.54, 1.807) is 50.6 Å². The van der Waals surface area contributed by atoms with Gasteiger partial charge in [-0.2, -0.15) is 13.2 Å². The number of carbonyl (C=O) groups is 1. The van der Waals surface area contributed by atoms with E-state index in [0.29, 0.717) is 23.7 Å². The number of nitrogens with zero attached hydrogens (tertiary/aromatic N) is 3. The number of nitrogens with one attached hydrogen (secondary N) is 4. The van der Waals surface area contributed by atoms with Crippen molar-refractivity contribution in [2.75, 3.05) is 29.5 Å². The molecule has 11 nitrogen and oxygen atoms in total. The molecule has 0 spiro atoms. The van der Waals surface area contributed by atoms with Gasteiger partial charge in [-0.3, -0.25) is 15.4 Å². The summed E-state index contributed by atoms with van der Waals surface area (Å²) in [6.45, 7) is 5.84. The first-order chi connectivity index (χ1) is 21.5. The molecule has 46 heavy (non-hydrogen) atoms. The predicted octanol–water partition coefficient (Wildman–Crippen LogP) is 3.68. The van der Waals surface area contributed by atoms with Crippen molar-refractivity contribution in [3.8, 4) is 6.01 Å². The van der Waals surface area contributed by atoms with E-state index in [9.17, 15) is 27.3 Å². The van der Waals surface area contributed by atoms with Gasteiger partial charge in [-0.15, -0.1) is 0 Å². The maximum Gasteiger partial charge on any atom is 0.422 e. The molecule has 0 bridgehead atoms. The molecule has 0 aliphatic heterocycles. The highest BCUT2D eigenvalue weighted by molar-refractivity contribution is 7.82. The van der Waals surface area contributed by atoms with Gasteiger partial charge in [-0.1, -0.05) is 73.6 Å². The number of halogens is 4. The van der Waals surface area contributed by atoms with Gasteiger partial charge in [0.25, 0.3) is 5.91 Å². The van der Waals surface area contributed by atoms with Gasteiger partial charge in [0.1, 0.15) is 6.23 Å². The third-order valence-corrected chi connectivity index (χ3v) is 9.70. The number of amides is 1. The summed E-state index contributed by atoms with van der Waals surface area (Å²) in [5, 5.41) is 20.6. The van der Waals surface area contributed by atoms with Crippen LogP contribution in [0.1, 0.15) is 53.4 Å². The van der Waals surface area contributed by atoms with Crippen LogP contribution in [0.15, 0.2) is 46.6 Å². The van der Waals surface area contributed by atoms with Gasteiger partial charge in [-0.25, -0.2) is 13.5 Å². The normalized spacial score (nSPS) is 22.2. The Bertz CT molecular complexity index is 1460. The second-order valence-corrected chi connectivity index (χ2v) is 14.4. The number of ether oxygens (including phenoxy) is 1. The second-order valence-electron chi connectivity index (χ2n) is 12.5. The van der Waals surface area contributed by atoms with Gasteiger partial charge >= 0.3 is 24.1 Å². The largest absolute Gasteiger partial charge is 0.439 e. The van der Waals surface area contributed by atoms with E-state index in [0.717, 1.165) is 29.9 Å². The van der Waals surface area contributed by atoms with Gasteiger partial charge in [0, 0.05) is 35.4 Å². The van der Waals surface area contributed by atoms with Crippen molar-refractivity contribution < 1.29 is 36.6 Å². The molecule has 4 unspecified atom stereocenters. The molecular formula is C30H42ClF3N7O4S+. The van der Waals surface area contributed by atoms with Crippen molar-refractivity contribution >= 4 is 40.4 Å². The van der Waals surface area contributed by atoms with E-state index in [2.05, 4.69) is 30.6 Å². The minimum Gasteiger partial charge on any atom is -0.439 e. The van der Waals surface area contributed by atoms with Crippen molar-refractivity contribution in [1.82, 2.24) is 20.0 Å². The van der Waals surface area contributed by atoms with Crippen molar-refractivity contribution in [2.45, 2.75) is 77.4 Å². The molecule has 16 heteroatoms. The van der Waals surface area contributed by atoms with Crippen LogP contribution < -0.4 is 30.0 Å². The SMILES string of the molecule is CCS(=O)NC(O)C(C)(C)CNC(=O)C1=CCC(Nc2nc(OCC(F)(F)F)nc(NC3(C4=CC=C(Cl)C(C)C4)CC3)[n+]2C)C=C1. The van der Waals surface area contributed by atoms with Gasteiger partial charge in [0.05, 0.1) is 22.6 Å². The van der Waals surface area contributed by atoms with Crippen LogP contribution in [-0.4, -0.2) is 68.1 Å². The number of hydrogen-bond acceptors (Lipinski definition) is 8. The van der Waals surface area contributed by atoms with Crippen LogP contribution >= 0.6 is 11.6 Å². The molecule has 3 aliphatic carbocycles. The third-order valence-electron chi connectivity index (χ3n) is 8.19. The minimum atomic E-state index is -4.57. The summed E-state index contributed by atoms with van der Waals surface area (Å²) in [5.41, 5.74) is 0.372. The first-order valence-electron chi connectivity index (χ1n) is 15.1. The quantitative estimate of drug-likeness (QED) is 0.147. The molecule has 1 heterocycles. The molecule has 0 aromatic carbocycles. The Morgan fingerprint density at radius 3 is 2.54 bits per heavy atom. The molecule has 3 aliphatic rings. The van der Waals surface area contributed by atoms with E-state index in [1.165, 1.54) is 0 Å². The molecule has 1 amide bonds. The Morgan fingerprint density at radius 1 is 1.26 bits per heavy atom. The summed E-state index contributed by atoms with van der Waals surface area (Å²) in [6, 6.07) is -0.765. The fourth-order valence-corrected chi connectivity index (χ4v) is 5.78. The lowest BCUT2D eigenvalue weighted by molar-refractivity contribution is -0.648. The summed E-state index contributed by atoms with van der Waals surface area (Å²) < 4.78 is 59.9. The Morgan fingerprint density at radius 2 is 1.96 bits per heavy atom. The molecule has 1 aromatic heterocycles. The van der Waals surface area contributed by atoms with E-state index in [4.69, 9.17) is 16.3 Å². The van der Waals surface area contributed by atoms with E-state index < -0.39 is 47.0 Å². The lowest BCUT2D eigenvalue weighted by atomic mass is 9.89. The van der Waals surface area contributed by atoms with Gasteiger partial charge in [0.2, 0.25) is 0 Å². The molecule has 1 fully saturated rings. The summed E-state index contributed by atoms with van der Waals surface area (Å²) in [6.07, 6.45) is 6.14. The Kier molecular flexibility index (Phi) is 11.2. The predicted molar refractivity (Wildman–Crippen MR) is 170 cm³/mol. The number of aromatic nitrogens is 3.